The van der Waals surface area contributed by atoms with Gasteiger partial charge in [-0.2, -0.15) is 0 Å². The van der Waals surface area contributed by atoms with Gasteiger partial charge in [-0.1, -0.05) is 222 Å². The van der Waals surface area contributed by atoms with E-state index in [-0.39, 0.29) is 93.2 Å². The number of benzene rings is 5. The second-order valence-electron chi connectivity index (χ2n) is 30.2. The Balaban J connectivity index is 1.05. The largest absolute Gasteiger partial charge is 0.872 e. The monoisotopic (exact) mass is 1170 g/mol. The summed E-state index contributed by atoms with van der Waals surface area (Å²) in [5, 5.41) is 55.7. The van der Waals surface area contributed by atoms with Crippen molar-refractivity contribution in [2.45, 2.75) is 245 Å². The molecule has 0 amide bonds. The molecule has 0 bridgehead atoms. The Bertz CT molecular complexity index is 3180. The molecule has 2 fully saturated rings. The molecule has 7 rings (SSSR count). The van der Waals surface area contributed by atoms with Crippen LogP contribution in [0.25, 0.3) is 0 Å². The third-order valence-corrected chi connectivity index (χ3v) is 16.5. The topological polar surface area (TPSA) is 194 Å². The summed E-state index contributed by atoms with van der Waals surface area (Å²) in [5.41, 5.74) is 5.42. The van der Waals surface area contributed by atoms with Crippen molar-refractivity contribution in [3.63, 3.8) is 0 Å². The minimum atomic E-state index is -0.580. The van der Waals surface area contributed by atoms with Crippen LogP contribution in [0, 0.1) is 0 Å². The zero-order valence-corrected chi connectivity index (χ0v) is 54.7. The molecule has 86 heavy (non-hydrogen) atoms. The minimum Gasteiger partial charge on any atom is -0.872 e. The van der Waals surface area contributed by atoms with Gasteiger partial charge in [0.2, 0.25) is 0 Å². The summed E-state index contributed by atoms with van der Waals surface area (Å²) >= 11 is 0. The van der Waals surface area contributed by atoms with E-state index in [1.54, 1.807) is 73.4 Å². The molecule has 462 valence electrons. The molecule has 0 saturated heterocycles. The summed E-state index contributed by atoms with van der Waals surface area (Å²) in [6.45, 7) is 36.8. The van der Waals surface area contributed by atoms with E-state index in [0.717, 1.165) is 73.6 Å². The Kier molecular flexibility index (Phi) is 20.2. The zero-order valence-electron chi connectivity index (χ0n) is 54.7. The van der Waals surface area contributed by atoms with E-state index in [4.69, 9.17) is 29.4 Å². The van der Waals surface area contributed by atoms with Crippen LogP contribution in [0.3, 0.4) is 0 Å². The van der Waals surface area contributed by atoms with E-state index in [9.17, 15) is 30.0 Å². The van der Waals surface area contributed by atoms with Crippen LogP contribution >= 0.6 is 0 Å². The average Bonchev–Trinajstić information content (AvgIpc) is 2.57. The van der Waals surface area contributed by atoms with Gasteiger partial charge in [-0.3, -0.25) is 29.6 Å². The van der Waals surface area contributed by atoms with Crippen molar-refractivity contribution in [3.05, 3.63) is 140 Å². The fraction of sp³-hybridized carbons (Fsp3) is 0.514. The Morgan fingerprint density at radius 2 is 0.663 bits per heavy atom. The van der Waals surface area contributed by atoms with Gasteiger partial charge >= 0.3 is 11.9 Å². The molecule has 0 spiro atoms. The van der Waals surface area contributed by atoms with E-state index in [2.05, 4.69) is 83.1 Å². The van der Waals surface area contributed by atoms with Crippen molar-refractivity contribution in [1.29, 1.82) is 0 Å². The number of carbonyl (C=O) groups is 2. The van der Waals surface area contributed by atoms with Gasteiger partial charge in [-0.25, -0.2) is 0 Å². The molecule has 2 aliphatic carbocycles. The summed E-state index contributed by atoms with van der Waals surface area (Å²) in [6.07, 6.45) is 13.4. The summed E-state index contributed by atoms with van der Waals surface area (Å²) in [4.78, 5) is 47.4. The van der Waals surface area contributed by atoms with Gasteiger partial charge in [0.1, 0.15) is 11.5 Å². The number of carbonyl (C=O) groups excluding carboxylic acids is 2. The lowest BCUT2D eigenvalue weighted by molar-refractivity contribution is -0.270. The van der Waals surface area contributed by atoms with Gasteiger partial charge in [0.05, 0.1) is 37.0 Å². The van der Waals surface area contributed by atoms with Crippen LogP contribution in [0.5, 0.6) is 34.5 Å². The van der Waals surface area contributed by atoms with Crippen molar-refractivity contribution >= 4 is 36.8 Å². The maximum Gasteiger partial charge on any atom is 0.315 e. The van der Waals surface area contributed by atoms with Gasteiger partial charge in [-0.05, 0) is 149 Å². The number of ether oxygens (including phenoxy) is 2. The van der Waals surface area contributed by atoms with Crippen molar-refractivity contribution in [3.8, 4) is 34.5 Å². The molecule has 0 radical (unpaired) electrons. The predicted molar refractivity (Wildman–Crippen MR) is 343 cm³/mol. The lowest BCUT2D eigenvalue weighted by atomic mass is 9.79. The summed E-state index contributed by atoms with van der Waals surface area (Å²) in [7, 11) is 0. The third kappa shape index (κ3) is 17.1. The average molecular weight is 1170 g/mol. The first-order chi connectivity index (χ1) is 39.9. The first-order valence-corrected chi connectivity index (χ1v) is 30.9. The van der Waals surface area contributed by atoms with Crippen LogP contribution in [-0.4, -0.2) is 61.0 Å². The second kappa shape index (κ2) is 26.1. The van der Waals surface area contributed by atoms with Gasteiger partial charge < -0.3 is 29.9 Å². The van der Waals surface area contributed by atoms with Gasteiger partial charge in [-0.15, -0.1) is 0 Å². The van der Waals surface area contributed by atoms with Crippen LogP contribution in [-0.2, 0) is 54.9 Å². The van der Waals surface area contributed by atoms with Crippen LogP contribution in [0.2, 0.25) is 0 Å². The van der Waals surface area contributed by atoms with E-state index in [1.807, 2.05) is 65.8 Å². The molecule has 2 aliphatic rings. The lowest BCUT2D eigenvalue weighted by Gasteiger charge is -2.31. The quantitative estimate of drug-likeness (QED) is 0.0595. The molecule has 2 saturated carbocycles. The minimum absolute atomic E-state index is 0.0189. The zero-order chi connectivity index (χ0) is 63.5. The van der Waals surface area contributed by atoms with Crippen molar-refractivity contribution in [2.75, 3.05) is 0 Å². The molecule has 0 unspecified atom stereocenters. The smallest absolute Gasteiger partial charge is 0.315 e. The molecule has 0 aromatic heterocycles. The standard InChI is InChI=1S/C74H98N4O8/c1-69(2,3)51-33-47(65(81)55(37-51)71(7,8)9)41-75-59-26-19-21-28-61(59)77-43-49-35-53(39-57(67(49)83)73(13,14)15)85-63(79)31-45-24-23-25-46(30-45)32-64(80)86-54-36-50(68(84)58(40-54)74(16,17)18)44-78-62-29-22-20-27-60(62)76-42-48-34-52(70(4,5)6)38-56(66(48)82)72(10,11)12/h23-25,30,33-44,59-62,81-84H,19-22,26-29,31-32H2,1-18H3/p-4/t59-,60-,61-,62-/m0/s1. The number of nitrogens with zero attached hydrogens (tertiary/aromatic N) is 4. The van der Waals surface area contributed by atoms with E-state index >= 15 is 0 Å². The number of esters is 2. The third-order valence-electron chi connectivity index (χ3n) is 16.5. The normalized spacial score (nSPS) is 18.6. The van der Waals surface area contributed by atoms with Crippen LogP contribution < -0.4 is 29.9 Å². The number of aliphatic imine (C=N–C) groups is 4. The Labute approximate surface area is 513 Å². The fourth-order valence-corrected chi connectivity index (χ4v) is 11.2. The van der Waals surface area contributed by atoms with E-state index < -0.39 is 22.8 Å². The molecule has 0 N–H and O–H groups in total. The second-order valence-corrected chi connectivity index (χ2v) is 30.2. The highest BCUT2D eigenvalue weighted by atomic mass is 16.5. The van der Waals surface area contributed by atoms with Crippen molar-refractivity contribution in [1.82, 2.24) is 0 Å². The van der Waals surface area contributed by atoms with Crippen LogP contribution in [0.15, 0.2) is 92.8 Å². The van der Waals surface area contributed by atoms with E-state index in [0.29, 0.717) is 44.5 Å². The predicted octanol–water partition coefficient (Wildman–Crippen LogP) is 13.8. The molecule has 4 atom stereocenters. The fourth-order valence-electron chi connectivity index (χ4n) is 11.2. The summed E-state index contributed by atoms with van der Waals surface area (Å²) in [6, 6.07) is 20.6. The SMILES string of the molecule is CC(C)(C)c1cc(C=N[C@H]2CCCC[C@@H]2N=Cc2cc(OC(=O)Cc3cccc(CC(=O)Oc4cc(C=N[C@H]5CCCC[C@@H]5N=Cc5cc(C(C)(C)C)cc(C(C)(C)C)c5[O-])c([O-])c(C(C)(C)C)c4)c3)cc(C(C)(C)C)c2[O-])c([O-])c(C(C)(C)C)c1. The van der Waals surface area contributed by atoms with Crippen molar-refractivity contribution < 1.29 is 39.5 Å². The molecule has 0 aliphatic heterocycles. The molecule has 5 aromatic rings. The number of rotatable bonds is 14. The van der Waals surface area contributed by atoms with Gasteiger partial charge in [0.15, 0.2) is 0 Å². The number of hydrogen-bond donors (Lipinski definition) is 0. The molecule has 12 nitrogen and oxygen atoms in total. The lowest BCUT2D eigenvalue weighted by Crippen LogP contribution is -2.27. The Morgan fingerprint density at radius 3 is 0.930 bits per heavy atom. The van der Waals surface area contributed by atoms with Crippen LogP contribution in [0.1, 0.15) is 243 Å². The van der Waals surface area contributed by atoms with Gasteiger partial charge in [0, 0.05) is 24.9 Å². The molecular formula is C74H94N4O8-4. The maximum atomic E-state index is 14.1. The first kappa shape index (κ1) is 66.4. The Hall–Kier alpha value is -7.08. The molecule has 5 aromatic carbocycles. The molecule has 12 heteroatoms. The molecule has 0 heterocycles. The summed E-state index contributed by atoms with van der Waals surface area (Å²) in [5.74, 6) is -1.11. The van der Waals surface area contributed by atoms with Crippen LogP contribution in [0.4, 0.5) is 0 Å². The maximum absolute atomic E-state index is 14.1. The number of hydrogen-bond acceptors (Lipinski definition) is 12. The first-order valence-electron chi connectivity index (χ1n) is 30.9. The Morgan fingerprint density at radius 1 is 0.395 bits per heavy atom. The summed E-state index contributed by atoms with van der Waals surface area (Å²) < 4.78 is 12.0. The van der Waals surface area contributed by atoms with Crippen molar-refractivity contribution in [2.24, 2.45) is 20.0 Å². The molecular weight excluding hydrogens is 1070 g/mol. The van der Waals surface area contributed by atoms with E-state index in [1.165, 1.54) is 0 Å². The highest BCUT2D eigenvalue weighted by molar-refractivity contribution is 5.88. The highest BCUT2D eigenvalue weighted by Gasteiger charge is 2.29. The van der Waals surface area contributed by atoms with Gasteiger partial charge in [0.25, 0.3) is 0 Å². The highest BCUT2D eigenvalue weighted by Crippen LogP contribution is 2.40.